The summed E-state index contributed by atoms with van der Waals surface area (Å²) in [6.45, 7) is 7.46. The van der Waals surface area contributed by atoms with Crippen LogP contribution in [0.1, 0.15) is 32.6 Å². The summed E-state index contributed by atoms with van der Waals surface area (Å²) in [7, 11) is 0. The van der Waals surface area contributed by atoms with Gasteiger partial charge in [-0.1, -0.05) is 6.92 Å². The number of piperidine rings is 1. The molecule has 2 unspecified atom stereocenters. The van der Waals surface area contributed by atoms with Gasteiger partial charge in [-0.05, 0) is 31.6 Å². The smallest absolute Gasteiger partial charge is 0.191 e. The van der Waals surface area contributed by atoms with Gasteiger partial charge in [0, 0.05) is 32.8 Å². The third-order valence-electron chi connectivity index (χ3n) is 3.80. The highest BCUT2D eigenvalue weighted by Gasteiger charge is 2.17. The molecule has 2 aliphatic rings. The summed E-state index contributed by atoms with van der Waals surface area (Å²) in [5, 5.41) is 0. The van der Waals surface area contributed by atoms with Crippen molar-refractivity contribution in [2.75, 3.05) is 39.5 Å². The molecule has 6 heteroatoms. The lowest BCUT2D eigenvalue weighted by atomic mass is 10.0. The lowest BCUT2D eigenvalue weighted by molar-refractivity contribution is 0.0424. The van der Waals surface area contributed by atoms with Crippen LogP contribution in [0.4, 0.5) is 0 Å². The first-order chi connectivity index (χ1) is 9.25. The van der Waals surface area contributed by atoms with Gasteiger partial charge < -0.3 is 20.1 Å². The van der Waals surface area contributed by atoms with Crippen molar-refractivity contribution in [3.05, 3.63) is 0 Å². The Labute approximate surface area is 139 Å². The molecule has 2 rings (SSSR count). The molecule has 0 radical (unpaired) electrons. The molecule has 2 saturated heterocycles. The Kier molecular flexibility index (Phi) is 8.79. The van der Waals surface area contributed by atoms with E-state index >= 15 is 0 Å². The van der Waals surface area contributed by atoms with Crippen molar-refractivity contribution in [3.8, 4) is 0 Å². The maximum atomic E-state index is 6.03. The molecule has 0 aromatic heterocycles. The predicted octanol–water partition coefficient (Wildman–Crippen LogP) is 1.85. The highest BCUT2D eigenvalue weighted by atomic mass is 127. The zero-order valence-electron chi connectivity index (χ0n) is 12.4. The van der Waals surface area contributed by atoms with Crippen molar-refractivity contribution in [1.82, 2.24) is 4.90 Å². The van der Waals surface area contributed by atoms with Crippen LogP contribution in [0, 0.1) is 5.92 Å². The van der Waals surface area contributed by atoms with E-state index in [0.29, 0.717) is 12.1 Å². The summed E-state index contributed by atoms with van der Waals surface area (Å²) in [6.07, 6.45) is 4.78. The number of rotatable bonds is 5. The zero-order valence-corrected chi connectivity index (χ0v) is 14.8. The molecular formula is C14H28IN3O2. The van der Waals surface area contributed by atoms with Crippen molar-refractivity contribution >= 4 is 29.9 Å². The number of hydrogen-bond donors (Lipinski definition) is 1. The molecule has 118 valence electrons. The van der Waals surface area contributed by atoms with Crippen LogP contribution in [0.3, 0.4) is 0 Å². The van der Waals surface area contributed by atoms with E-state index in [-0.39, 0.29) is 24.0 Å². The van der Waals surface area contributed by atoms with Crippen LogP contribution < -0.4 is 5.73 Å². The van der Waals surface area contributed by atoms with Gasteiger partial charge >= 0.3 is 0 Å². The minimum atomic E-state index is 0. The van der Waals surface area contributed by atoms with Crippen LogP contribution in [0.5, 0.6) is 0 Å². The summed E-state index contributed by atoms with van der Waals surface area (Å²) in [5.41, 5.74) is 6.03. The number of likely N-dealkylation sites (tertiary alicyclic amines) is 1. The summed E-state index contributed by atoms with van der Waals surface area (Å²) in [4.78, 5) is 6.66. The molecular weight excluding hydrogens is 369 g/mol. The second-order valence-electron chi connectivity index (χ2n) is 5.64. The first-order valence-electron chi connectivity index (χ1n) is 7.50. The first kappa shape index (κ1) is 18.0. The van der Waals surface area contributed by atoms with Crippen LogP contribution in [0.15, 0.2) is 4.99 Å². The van der Waals surface area contributed by atoms with Crippen LogP contribution in [-0.2, 0) is 9.47 Å². The second-order valence-corrected chi connectivity index (χ2v) is 5.64. The standard InChI is InChI=1S/C14H27N3O2.HI/c1-12-4-2-7-17(10-12)14(15)16-6-3-8-19-13-5-9-18-11-13;/h12-13H,2-11H2,1H3,(H2,15,16);1H. The molecule has 2 atom stereocenters. The SMILES string of the molecule is CC1CCCN(C(N)=NCCCOC2CCOC2)C1.I. The first-order valence-corrected chi connectivity index (χ1v) is 7.50. The van der Waals surface area contributed by atoms with Crippen LogP contribution in [0.25, 0.3) is 0 Å². The van der Waals surface area contributed by atoms with Crippen molar-refractivity contribution in [2.45, 2.75) is 38.7 Å². The number of hydrogen-bond acceptors (Lipinski definition) is 3. The fourth-order valence-electron chi connectivity index (χ4n) is 2.65. The quantitative estimate of drug-likeness (QED) is 0.333. The number of nitrogens with zero attached hydrogens (tertiary/aromatic N) is 2. The van der Waals surface area contributed by atoms with Gasteiger partial charge in [-0.15, -0.1) is 24.0 Å². The van der Waals surface area contributed by atoms with Gasteiger partial charge in [0.1, 0.15) is 0 Å². The average molecular weight is 397 g/mol. The molecule has 0 aliphatic carbocycles. The molecule has 2 fully saturated rings. The molecule has 0 saturated carbocycles. The van der Waals surface area contributed by atoms with Gasteiger partial charge in [0.05, 0.1) is 12.7 Å². The Morgan fingerprint density at radius 1 is 1.45 bits per heavy atom. The summed E-state index contributed by atoms with van der Waals surface area (Å²) in [6, 6.07) is 0. The number of halogens is 1. The predicted molar refractivity (Wildman–Crippen MR) is 91.7 cm³/mol. The minimum Gasteiger partial charge on any atom is -0.379 e. The Morgan fingerprint density at radius 2 is 2.30 bits per heavy atom. The van der Waals surface area contributed by atoms with E-state index in [4.69, 9.17) is 15.2 Å². The largest absolute Gasteiger partial charge is 0.379 e. The van der Waals surface area contributed by atoms with Crippen molar-refractivity contribution in [3.63, 3.8) is 0 Å². The van der Waals surface area contributed by atoms with E-state index < -0.39 is 0 Å². The third-order valence-corrected chi connectivity index (χ3v) is 3.80. The van der Waals surface area contributed by atoms with E-state index in [1.807, 2.05) is 0 Å². The van der Waals surface area contributed by atoms with Crippen molar-refractivity contribution < 1.29 is 9.47 Å². The van der Waals surface area contributed by atoms with Gasteiger partial charge in [0.15, 0.2) is 5.96 Å². The Morgan fingerprint density at radius 3 is 3.00 bits per heavy atom. The van der Waals surface area contributed by atoms with E-state index in [1.165, 1.54) is 12.8 Å². The maximum absolute atomic E-state index is 6.03. The molecule has 2 aliphatic heterocycles. The molecule has 0 bridgehead atoms. The van der Waals surface area contributed by atoms with Gasteiger partial charge in [-0.3, -0.25) is 4.99 Å². The molecule has 0 aromatic carbocycles. The maximum Gasteiger partial charge on any atom is 0.191 e. The van der Waals surface area contributed by atoms with E-state index in [9.17, 15) is 0 Å². The zero-order chi connectivity index (χ0) is 13.5. The molecule has 5 nitrogen and oxygen atoms in total. The van der Waals surface area contributed by atoms with E-state index in [0.717, 1.165) is 58.2 Å². The summed E-state index contributed by atoms with van der Waals surface area (Å²) >= 11 is 0. The topological polar surface area (TPSA) is 60.1 Å². The van der Waals surface area contributed by atoms with Gasteiger partial charge in [0.25, 0.3) is 0 Å². The van der Waals surface area contributed by atoms with Gasteiger partial charge in [-0.2, -0.15) is 0 Å². The normalized spacial score (nSPS) is 27.4. The Balaban J connectivity index is 0.00000200. The number of ether oxygens (including phenoxy) is 2. The Bertz CT molecular complexity index is 296. The lowest BCUT2D eigenvalue weighted by Crippen LogP contribution is -2.43. The molecule has 0 spiro atoms. The van der Waals surface area contributed by atoms with E-state index in [1.54, 1.807) is 0 Å². The molecule has 2 N–H and O–H groups in total. The Hall–Kier alpha value is -0.0800. The molecule has 2 heterocycles. The van der Waals surface area contributed by atoms with Gasteiger partial charge in [-0.25, -0.2) is 0 Å². The van der Waals surface area contributed by atoms with Crippen LogP contribution >= 0.6 is 24.0 Å². The fraction of sp³-hybridized carbons (Fsp3) is 0.929. The van der Waals surface area contributed by atoms with Crippen LogP contribution in [0.2, 0.25) is 0 Å². The second kappa shape index (κ2) is 9.78. The number of guanidine groups is 1. The van der Waals surface area contributed by atoms with Gasteiger partial charge in [0.2, 0.25) is 0 Å². The molecule has 0 amide bonds. The number of nitrogens with two attached hydrogens (primary N) is 1. The van der Waals surface area contributed by atoms with Crippen LogP contribution in [-0.4, -0.2) is 56.4 Å². The van der Waals surface area contributed by atoms with Crippen molar-refractivity contribution in [1.29, 1.82) is 0 Å². The summed E-state index contributed by atoms with van der Waals surface area (Å²) in [5.74, 6) is 1.43. The molecule has 20 heavy (non-hydrogen) atoms. The lowest BCUT2D eigenvalue weighted by Gasteiger charge is -2.31. The monoisotopic (exact) mass is 397 g/mol. The third kappa shape index (κ3) is 6.13. The minimum absolute atomic E-state index is 0. The summed E-state index contributed by atoms with van der Waals surface area (Å²) < 4.78 is 11.0. The fourth-order valence-corrected chi connectivity index (χ4v) is 2.65. The molecule has 0 aromatic rings. The highest BCUT2D eigenvalue weighted by molar-refractivity contribution is 14.0. The number of aliphatic imine (C=N–C) groups is 1. The highest BCUT2D eigenvalue weighted by Crippen LogP contribution is 2.14. The average Bonchev–Trinajstić information content (AvgIpc) is 2.91. The van der Waals surface area contributed by atoms with Crippen molar-refractivity contribution in [2.24, 2.45) is 16.6 Å². The van der Waals surface area contributed by atoms with E-state index in [2.05, 4.69) is 16.8 Å².